The quantitative estimate of drug-likeness (QED) is 0.187. The summed E-state index contributed by atoms with van der Waals surface area (Å²) in [5.74, 6) is -2.99. The van der Waals surface area contributed by atoms with E-state index in [2.05, 4.69) is 25.7 Å². The van der Waals surface area contributed by atoms with E-state index in [4.69, 9.17) is 9.36 Å². The van der Waals surface area contributed by atoms with Crippen LogP contribution >= 0.6 is 0 Å². The van der Waals surface area contributed by atoms with Crippen molar-refractivity contribution in [3.63, 3.8) is 0 Å². The van der Waals surface area contributed by atoms with Crippen LogP contribution in [0.15, 0.2) is 76.4 Å². The highest BCUT2D eigenvalue weighted by molar-refractivity contribution is 7.91. The minimum atomic E-state index is -3.89. The Morgan fingerprint density at radius 3 is 2.37 bits per heavy atom. The lowest BCUT2D eigenvalue weighted by molar-refractivity contribution is -0.141. The summed E-state index contributed by atoms with van der Waals surface area (Å²) in [7, 11) is -3.89. The maximum atomic E-state index is 14.5. The second-order valence-corrected chi connectivity index (χ2v) is 16.8. The average molecular weight is 755 g/mol. The van der Waals surface area contributed by atoms with Gasteiger partial charge in [0.15, 0.2) is 0 Å². The number of oxime groups is 1. The van der Waals surface area contributed by atoms with Gasteiger partial charge in [0.1, 0.15) is 29.4 Å². The summed E-state index contributed by atoms with van der Waals surface area (Å²) in [4.78, 5) is 63.4. The third kappa shape index (κ3) is 6.92. The molecule has 0 spiro atoms. The number of allylic oxidation sites excluding steroid dienone is 1. The average Bonchev–Trinajstić information content (AvgIpc) is 4.01. The van der Waals surface area contributed by atoms with Crippen molar-refractivity contribution in [2.24, 2.45) is 11.1 Å². The number of aryl methyl sites for hydroxylation is 1. The van der Waals surface area contributed by atoms with Gasteiger partial charge < -0.3 is 24.9 Å². The van der Waals surface area contributed by atoms with Crippen LogP contribution in [-0.4, -0.2) is 83.3 Å². The third-order valence-corrected chi connectivity index (χ3v) is 12.8. The van der Waals surface area contributed by atoms with Gasteiger partial charge in [0.05, 0.1) is 17.5 Å². The zero-order valence-corrected chi connectivity index (χ0v) is 30.6. The van der Waals surface area contributed by atoms with Gasteiger partial charge in [-0.2, -0.15) is 0 Å². The molecule has 1 aromatic heterocycles. The van der Waals surface area contributed by atoms with Gasteiger partial charge >= 0.3 is 0 Å². The van der Waals surface area contributed by atoms with Crippen LogP contribution in [0.2, 0.25) is 0 Å². The number of hydrogen-bond donors (Lipinski definition) is 3. The highest BCUT2D eigenvalue weighted by atomic mass is 32.2. The molecule has 3 heterocycles. The molecular weight excluding hydrogens is 713 g/mol. The van der Waals surface area contributed by atoms with Gasteiger partial charge in [-0.1, -0.05) is 83.8 Å². The lowest BCUT2D eigenvalue weighted by Crippen LogP contribution is -2.58. The largest absolute Gasteiger partial charge is 0.390 e. The van der Waals surface area contributed by atoms with Gasteiger partial charge in [0.2, 0.25) is 27.6 Å². The molecule has 8 rings (SSSR count). The van der Waals surface area contributed by atoms with E-state index in [-0.39, 0.29) is 25.1 Å². The van der Waals surface area contributed by atoms with Crippen LogP contribution in [0.4, 0.5) is 0 Å². The summed E-state index contributed by atoms with van der Waals surface area (Å²) in [6.45, 7) is 1.66. The third-order valence-electron chi connectivity index (χ3n) is 10.9. The lowest BCUT2D eigenvalue weighted by Gasteiger charge is -2.29. The van der Waals surface area contributed by atoms with Gasteiger partial charge in [0, 0.05) is 29.5 Å². The first-order valence-electron chi connectivity index (χ1n) is 18.6. The molecule has 2 aromatic carbocycles. The second-order valence-electron chi connectivity index (χ2n) is 14.9. The molecule has 3 N–H and O–H groups in total. The summed E-state index contributed by atoms with van der Waals surface area (Å²) in [5, 5.41) is 13.5. The Bertz CT molecular complexity index is 2130. The van der Waals surface area contributed by atoms with Crippen molar-refractivity contribution in [3.8, 4) is 11.1 Å². The molecule has 15 heteroatoms. The van der Waals surface area contributed by atoms with Crippen molar-refractivity contribution in [3.05, 3.63) is 89.3 Å². The Kier molecular flexibility index (Phi) is 9.36. The summed E-state index contributed by atoms with van der Waals surface area (Å²) in [5.41, 5.74) is 3.47. The predicted octanol–water partition coefficient (Wildman–Crippen LogP) is 3.50. The Hall–Kier alpha value is -5.31. The lowest BCUT2D eigenvalue weighted by atomic mass is 10.0. The zero-order chi connectivity index (χ0) is 37.6. The van der Waals surface area contributed by atoms with E-state index in [9.17, 15) is 27.6 Å². The second kappa shape index (κ2) is 14.2. The van der Waals surface area contributed by atoms with Crippen LogP contribution in [0.5, 0.6) is 0 Å². The first kappa shape index (κ1) is 35.7. The summed E-state index contributed by atoms with van der Waals surface area (Å²) < 4.78 is 33.0. The molecule has 1 saturated heterocycles. The predicted molar refractivity (Wildman–Crippen MR) is 196 cm³/mol. The number of sulfonamides is 1. The molecule has 2 unspecified atom stereocenters. The van der Waals surface area contributed by atoms with Gasteiger partial charge in [0.25, 0.3) is 11.8 Å². The van der Waals surface area contributed by atoms with Crippen molar-refractivity contribution in [2.75, 3.05) is 6.54 Å². The summed E-state index contributed by atoms with van der Waals surface area (Å²) in [6.07, 6.45) is 7.45. The van der Waals surface area contributed by atoms with Crippen molar-refractivity contribution >= 4 is 39.4 Å². The van der Waals surface area contributed by atoms with E-state index in [1.165, 1.54) is 11.0 Å². The summed E-state index contributed by atoms with van der Waals surface area (Å²) >= 11 is 0. The normalized spacial score (nSPS) is 27.2. The van der Waals surface area contributed by atoms with E-state index in [0.29, 0.717) is 43.5 Å². The SMILES string of the molecule is Cc1cc(C(=O)N[C@H]2CCCCC/C=C\C3CC3(C(=O)NS(=O)(=O)C3CC3)NC(=O)[C@@H]3C[C@@H](ON=C4c5ccccc5-c5ccccc54)CN3C2=O)on1. The molecule has 0 radical (unpaired) electrons. The number of aromatic nitrogens is 1. The minimum absolute atomic E-state index is 0.0244. The Labute approximate surface area is 312 Å². The van der Waals surface area contributed by atoms with Gasteiger partial charge in [-0.15, -0.1) is 0 Å². The molecular formula is C39H42N6O8S. The van der Waals surface area contributed by atoms with E-state index in [1.807, 2.05) is 60.7 Å². The summed E-state index contributed by atoms with van der Waals surface area (Å²) in [6, 6.07) is 15.1. The number of fused-ring (bicyclic) bond motifs is 5. The number of nitrogens with zero attached hydrogens (tertiary/aromatic N) is 3. The van der Waals surface area contributed by atoms with Gasteiger partial charge in [-0.3, -0.25) is 23.9 Å². The molecule has 282 valence electrons. The Balaban J connectivity index is 1.10. The number of rotatable bonds is 7. The Morgan fingerprint density at radius 2 is 1.70 bits per heavy atom. The number of carbonyl (C=O) groups is 4. The van der Waals surface area contributed by atoms with Crippen molar-refractivity contribution in [2.45, 2.75) is 93.7 Å². The molecule has 54 heavy (non-hydrogen) atoms. The number of carbonyl (C=O) groups excluding carboxylic acids is 4. The monoisotopic (exact) mass is 754 g/mol. The van der Waals surface area contributed by atoms with Crippen molar-refractivity contribution in [1.29, 1.82) is 0 Å². The molecule has 14 nitrogen and oxygen atoms in total. The molecule has 4 amide bonds. The van der Waals surface area contributed by atoms with E-state index in [1.54, 1.807) is 6.92 Å². The first-order chi connectivity index (χ1) is 26.0. The fraction of sp³-hybridized carbons (Fsp3) is 0.436. The van der Waals surface area contributed by atoms with E-state index >= 15 is 0 Å². The molecule has 2 aliphatic heterocycles. The van der Waals surface area contributed by atoms with E-state index in [0.717, 1.165) is 35.1 Å². The highest BCUT2D eigenvalue weighted by Crippen LogP contribution is 2.46. The zero-order valence-electron chi connectivity index (χ0n) is 29.8. The first-order valence-corrected chi connectivity index (χ1v) is 20.1. The fourth-order valence-electron chi connectivity index (χ4n) is 7.76. The standard InChI is InChI=1S/C39H42N6O8S/c1-23-19-33(53-42-23)36(47)40-31-16-6-4-2-3-5-11-24-21-39(24,38(49)44-54(50,51)26-17-18-26)41-35(46)32-20-25(22-45(32)37(31)48)52-43-34-29-14-9-7-12-27(29)28-13-8-10-15-30(28)34/h5,7-15,19,24-26,31-32H,2-4,6,16-18,20-22H2,1H3,(H,40,47)(H,41,46)(H,44,49)/b11-5-/t24?,25-,31+,32+,39?/m1/s1. The molecule has 5 aliphatic rings. The van der Waals surface area contributed by atoms with Crippen molar-refractivity contribution in [1.82, 2.24) is 25.4 Å². The van der Waals surface area contributed by atoms with Crippen molar-refractivity contribution < 1.29 is 37.0 Å². The fourth-order valence-corrected chi connectivity index (χ4v) is 9.12. The maximum Gasteiger partial charge on any atom is 0.290 e. The Morgan fingerprint density at radius 1 is 1.00 bits per heavy atom. The topological polar surface area (TPSA) is 189 Å². The van der Waals surface area contributed by atoms with Crippen LogP contribution in [0.3, 0.4) is 0 Å². The smallest absolute Gasteiger partial charge is 0.290 e. The number of hydrogen-bond acceptors (Lipinski definition) is 10. The van der Waals surface area contributed by atoms with Gasteiger partial charge in [-0.05, 0) is 56.6 Å². The number of benzene rings is 2. The molecule has 3 aromatic rings. The van der Waals surface area contributed by atoms with Crippen LogP contribution < -0.4 is 15.4 Å². The van der Waals surface area contributed by atoms with Crippen LogP contribution in [0, 0.1) is 12.8 Å². The maximum absolute atomic E-state index is 14.5. The van der Waals surface area contributed by atoms with Crippen LogP contribution in [-0.2, 0) is 29.2 Å². The van der Waals surface area contributed by atoms with E-state index < -0.39 is 68.5 Å². The molecule has 0 bridgehead atoms. The van der Waals surface area contributed by atoms with Crippen LogP contribution in [0.1, 0.15) is 85.2 Å². The molecule has 3 aliphatic carbocycles. The molecule has 3 fully saturated rings. The molecule has 5 atom stereocenters. The highest BCUT2D eigenvalue weighted by Gasteiger charge is 2.62. The van der Waals surface area contributed by atoms with Crippen LogP contribution in [0.25, 0.3) is 11.1 Å². The molecule has 2 saturated carbocycles. The number of nitrogens with one attached hydrogen (secondary N) is 3. The van der Waals surface area contributed by atoms with Gasteiger partial charge in [-0.25, -0.2) is 8.42 Å². The minimum Gasteiger partial charge on any atom is -0.390 e. The number of amides is 4.